The van der Waals surface area contributed by atoms with E-state index in [1.807, 2.05) is 11.8 Å². The van der Waals surface area contributed by atoms with Gasteiger partial charge in [0.15, 0.2) is 0 Å². The summed E-state index contributed by atoms with van der Waals surface area (Å²) in [7, 11) is 0. The number of benzene rings is 1. The summed E-state index contributed by atoms with van der Waals surface area (Å²) >= 11 is 1.94. The van der Waals surface area contributed by atoms with Gasteiger partial charge < -0.3 is 5.32 Å². The highest BCUT2D eigenvalue weighted by Gasteiger charge is 2.45. The number of carbonyl (C=O) groups is 1. The van der Waals surface area contributed by atoms with Crippen LogP contribution in [0.3, 0.4) is 0 Å². The fraction of sp³-hybridized carbons (Fsp3) is 0.471. The van der Waals surface area contributed by atoms with Gasteiger partial charge in [0, 0.05) is 11.3 Å². The molecule has 1 atom stereocenters. The standard InChI is InChI=1S/C17H21NOS/c1-10-7-11(2)14(12(3)8-10)15-13(4)17(18-16(15)19)5-6-20-9-17/h7-8H,5-6,9H2,1-4H3,(H,18,19). The highest BCUT2D eigenvalue weighted by Crippen LogP contribution is 2.43. The Morgan fingerprint density at radius 2 is 1.80 bits per heavy atom. The van der Waals surface area contributed by atoms with Gasteiger partial charge in [-0.25, -0.2) is 0 Å². The lowest BCUT2D eigenvalue weighted by atomic mass is 9.86. The molecule has 1 fully saturated rings. The van der Waals surface area contributed by atoms with Crippen molar-refractivity contribution in [2.24, 2.45) is 0 Å². The summed E-state index contributed by atoms with van der Waals surface area (Å²) in [6, 6.07) is 4.34. The van der Waals surface area contributed by atoms with E-state index in [1.165, 1.54) is 22.3 Å². The van der Waals surface area contributed by atoms with Crippen molar-refractivity contribution in [2.75, 3.05) is 11.5 Å². The monoisotopic (exact) mass is 287 g/mol. The van der Waals surface area contributed by atoms with Gasteiger partial charge >= 0.3 is 0 Å². The van der Waals surface area contributed by atoms with Crippen molar-refractivity contribution >= 4 is 23.2 Å². The third-order valence-corrected chi connectivity index (χ3v) is 5.81. The van der Waals surface area contributed by atoms with Crippen LogP contribution in [0.2, 0.25) is 0 Å². The number of aryl methyl sites for hydroxylation is 3. The zero-order valence-electron chi connectivity index (χ0n) is 12.6. The molecule has 0 aromatic heterocycles. The molecule has 3 rings (SSSR count). The van der Waals surface area contributed by atoms with Crippen LogP contribution in [-0.4, -0.2) is 23.0 Å². The molecular weight excluding hydrogens is 266 g/mol. The Kier molecular flexibility index (Phi) is 3.20. The van der Waals surface area contributed by atoms with E-state index in [9.17, 15) is 4.79 Å². The topological polar surface area (TPSA) is 29.1 Å². The second kappa shape index (κ2) is 4.66. The molecule has 3 heteroatoms. The third kappa shape index (κ3) is 1.91. The number of hydrogen-bond donors (Lipinski definition) is 1. The molecule has 0 bridgehead atoms. The van der Waals surface area contributed by atoms with E-state index < -0.39 is 0 Å². The van der Waals surface area contributed by atoms with Crippen LogP contribution >= 0.6 is 11.8 Å². The minimum Gasteiger partial charge on any atom is -0.342 e. The van der Waals surface area contributed by atoms with Gasteiger partial charge in [0.05, 0.1) is 5.54 Å². The van der Waals surface area contributed by atoms with Crippen LogP contribution in [0.5, 0.6) is 0 Å². The Bertz CT molecular complexity index is 601. The molecular formula is C17H21NOS. The molecule has 1 unspecified atom stereocenters. The molecule has 20 heavy (non-hydrogen) atoms. The molecule has 2 nitrogen and oxygen atoms in total. The molecule has 0 aliphatic carbocycles. The Morgan fingerprint density at radius 1 is 1.15 bits per heavy atom. The van der Waals surface area contributed by atoms with Crippen molar-refractivity contribution in [1.82, 2.24) is 5.32 Å². The number of carbonyl (C=O) groups excluding carboxylic acids is 1. The third-order valence-electron chi connectivity index (χ3n) is 4.62. The highest BCUT2D eigenvalue weighted by atomic mass is 32.2. The first-order chi connectivity index (χ1) is 9.44. The predicted molar refractivity (Wildman–Crippen MR) is 86.1 cm³/mol. The molecule has 1 amide bonds. The molecule has 1 spiro atoms. The summed E-state index contributed by atoms with van der Waals surface area (Å²) in [5, 5.41) is 3.26. The lowest BCUT2D eigenvalue weighted by molar-refractivity contribution is -0.116. The van der Waals surface area contributed by atoms with Gasteiger partial charge in [0.1, 0.15) is 0 Å². The maximum atomic E-state index is 12.6. The molecule has 1 aromatic rings. The average Bonchev–Trinajstić information content (AvgIpc) is 2.89. The minimum absolute atomic E-state index is 0.0825. The maximum Gasteiger partial charge on any atom is 0.252 e. The van der Waals surface area contributed by atoms with Crippen molar-refractivity contribution in [1.29, 1.82) is 0 Å². The summed E-state index contributed by atoms with van der Waals surface area (Å²) < 4.78 is 0. The lowest BCUT2D eigenvalue weighted by Gasteiger charge is -2.24. The van der Waals surface area contributed by atoms with Crippen molar-refractivity contribution in [3.63, 3.8) is 0 Å². The zero-order chi connectivity index (χ0) is 14.5. The van der Waals surface area contributed by atoms with Gasteiger partial charge in [-0.2, -0.15) is 11.8 Å². The van der Waals surface area contributed by atoms with Gasteiger partial charge in [-0.15, -0.1) is 0 Å². The highest BCUT2D eigenvalue weighted by molar-refractivity contribution is 7.99. The Morgan fingerprint density at radius 3 is 2.35 bits per heavy atom. The van der Waals surface area contributed by atoms with E-state index >= 15 is 0 Å². The second-order valence-corrected chi connectivity index (χ2v) is 7.22. The van der Waals surface area contributed by atoms with E-state index in [0.717, 1.165) is 29.1 Å². The molecule has 0 radical (unpaired) electrons. The smallest absolute Gasteiger partial charge is 0.252 e. The van der Waals surface area contributed by atoms with Gasteiger partial charge in [0.2, 0.25) is 0 Å². The summed E-state index contributed by atoms with van der Waals surface area (Å²) in [6.45, 7) is 8.46. The largest absolute Gasteiger partial charge is 0.342 e. The molecule has 1 saturated heterocycles. The van der Waals surface area contributed by atoms with Crippen LogP contribution in [0.1, 0.15) is 35.6 Å². The quantitative estimate of drug-likeness (QED) is 0.858. The summed E-state index contributed by atoms with van der Waals surface area (Å²) in [5.74, 6) is 2.26. The SMILES string of the molecule is CC1=C(c2c(C)cc(C)cc2C)C(=O)NC12CCSC2. The van der Waals surface area contributed by atoms with Gasteiger partial charge in [0.25, 0.3) is 5.91 Å². The normalized spacial score (nSPS) is 25.7. The minimum atomic E-state index is -0.0825. The average molecular weight is 287 g/mol. The Labute approximate surface area is 125 Å². The number of hydrogen-bond acceptors (Lipinski definition) is 2. The van der Waals surface area contributed by atoms with Crippen molar-refractivity contribution in [3.05, 3.63) is 40.0 Å². The number of nitrogens with one attached hydrogen (secondary N) is 1. The van der Waals surface area contributed by atoms with E-state index in [4.69, 9.17) is 0 Å². The molecule has 1 aromatic carbocycles. The molecule has 2 aliphatic heterocycles. The first kappa shape index (κ1) is 13.7. The van der Waals surface area contributed by atoms with Crippen molar-refractivity contribution in [2.45, 2.75) is 39.7 Å². The molecule has 106 valence electrons. The Balaban J connectivity index is 2.19. The first-order valence-corrected chi connectivity index (χ1v) is 8.30. The van der Waals surface area contributed by atoms with Gasteiger partial charge in [-0.3, -0.25) is 4.79 Å². The van der Waals surface area contributed by atoms with Crippen LogP contribution in [-0.2, 0) is 4.79 Å². The van der Waals surface area contributed by atoms with Crippen LogP contribution in [0.15, 0.2) is 17.7 Å². The summed E-state index contributed by atoms with van der Waals surface area (Å²) in [4.78, 5) is 12.6. The summed E-state index contributed by atoms with van der Waals surface area (Å²) in [5.41, 5.74) is 6.88. The molecule has 1 N–H and O–H groups in total. The molecule has 0 saturated carbocycles. The van der Waals surface area contributed by atoms with E-state index in [-0.39, 0.29) is 11.4 Å². The predicted octanol–water partition coefficient (Wildman–Crippen LogP) is 3.39. The van der Waals surface area contributed by atoms with Crippen LogP contribution in [0.25, 0.3) is 5.57 Å². The van der Waals surface area contributed by atoms with Crippen LogP contribution in [0, 0.1) is 20.8 Å². The number of amides is 1. The lowest BCUT2D eigenvalue weighted by Crippen LogP contribution is -2.44. The van der Waals surface area contributed by atoms with E-state index in [2.05, 4.69) is 45.1 Å². The first-order valence-electron chi connectivity index (χ1n) is 7.14. The summed E-state index contributed by atoms with van der Waals surface area (Å²) in [6.07, 6.45) is 1.06. The molecule has 2 aliphatic rings. The Hall–Kier alpha value is -1.22. The maximum absolute atomic E-state index is 12.6. The number of rotatable bonds is 1. The van der Waals surface area contributed by atoms with Crippen LogP contribution < -0.4 is 5.32 Å². The number of thioether (sulfide) groups is 1. The van der Waals surface area contributed by atoms with Crippen molar-refractivity contribution in [3.8, 4) is 0 Å². The van der Waals surface area contributed by atoms with E-state index in [1.54, 1.807) is 0 Å². The fourth-order valence-corrected chi connectivity index (χ4v) is 5.04. The van der Waals surface area contributed by atoms with Crippen molar-refractivity contribution < 1.29 is 4.79 Å². The molecule has 2 heterocycles. The van der Waals surface area contributed by atoms with E-state index in [0.29, 0.717) is 0 Å². The second-order valence-electron chi connectivity index (χ2n) is 6.11. The zero-order valence-corrected chi connectivity index (χ0v) is 13.4. The van der Waals surface area contributed by atoms with Gasteiger partial charge in [-0.05, 0) is 62.1 Å². The van der Waals surface area contributed by atoms with Gasteiger partial charge in [-0.1, -0.05) is 17.7 Å². The van der Waals surface area contributed by atoms with Crippen LogP contribution in [0.4, 0.5) is 0 Å². The fourth-order valence-electron chi connectivity index (χ4n) is 3.62.